The molecule has 0 fully saturated rings. The number of imidazole rings is 1. The molecule has 2 aromatic rings. The molecule has 0 aliphatic heterocycles. The van der Waals surface area contributed by atoms with Crippen LogP contribution < -0.4 is 5.32 Å². The molecule has 2 rings (SSSR count). The van der Waals surface area contributed by atoms with E-state index in [0.717, 1.165) is 35.8 Å². The van der Waals surface area contributed by atoms with Crippen LogP contribution in [0.15, 0.2) is 11.6 Å². The maximum Gasteiger partial charge on any atom is 0.151 e. The van der Waals surface area contributed by atoms with Gasteiger partial charge >= 0.3 is 0 Å². The Kier molecular flexibility index (Phi) is 5.18. The molecule has 0 aromatic carbocycles. The SMILES string of the molecule is CCCCc1nc(Cl)c(CNC(C)(C)c2nccs2)[nH]1. The predicted molar refractivity (Wildman–Crippen MR) is 84.2 cm³/mol. The lowest BCUT2D eigenvalue weighted by atomic mass is 10.1. The van der Waals surface area contributed by atoms with Gasteiger partial charge in [0.2, 0.25) is 0 Å². The van der Waals surface area contributed by atoms with Crippen molar-refractivity contribution in [3.05, 3.63) is 33.3 Å². The Labute approximate surface area is 129 Å². The highest BCUT2D eigenvalue weighted by Crippen LogP contribution is 2.23. The van der Waals surface area contributed by atoms with Gasteiger partial charge in [-0.25, -0.2) is 9.97 Å². The summed E-state index contributed by atoms with van der Waals surface area (Å²) in [5.74, 6) is 0.973. The number of halogens is 1. The number of thiazole rings is 1. The molecule has 0 spiro atoms. The van der Waals surface area contributed by atoms with Gasteiger partial charge in [0, 0.05) is 24.5 Å². The molecule has 0 saturated carbocycles. The monoisotopic (exact) mass is 312 g/mol. The lowest BCUT2D eigenvalue weighted by Gasteiger charge is -2.23. The van der Waals surface area contributed by atoms with Gasteiger partial charge in [-0.3, -0.25) is 0 Å². The summed E-state index contributed by atoms with van der Waals surface area (Å²) in [6, 6.07) is 0. The Morgan fingerprint density at radius 3 is 2.90 bits per heavy atom. The van der Waals surface area contributed by atoms with E-state index in [-0.39, 0.29) is 5.54 Å². The summed E-state index contributed by atoms with van der Waals surface area (Å²) < 4.78 is 0. The molecule has 6 heteroatoms. The second kappa shape index (κ2) is 6.70. The minimum atomic E-state index is -0.174. The van der Waals surface area contributed by atoms with E-state index in [0.29, 0.717) is 11.7 Å². The van der Waals surface area contributed by atoms with E-state index in [4.69, 9.17) is 11.6 Å². The van der Waals surface area contributed by atoms with E-state index in [2.05, 4.69) is 41.0 Å². The Morgan fingerprint density at radius 1 is 1.45 bits per heavy atom. The minimum absolute atomic E-state index is 0.174. The van der Waals surface area contributed by atoms with E-state index in [1.54, 1.807) is 11.3 Å². The fourth-order valence-electron chi connectivity index (χ4n) is 1.94. The highest BCUT2D eigenvalue weighted by Gasteiger charge is 2.23. The molecule has 0 atom stereocenters. The molecule has 2 heterocycles. The zero-order chi connectivity index (χ0) is 14.6. The lowest BCUT2D eigenvalue weighted by molar-refractivity contribution is 0.397. The fraction of sp³-hybridized carbons (Fsp3) is 0.571. The first-order chi connectivity index (χ1) is 9.53. The van der Waals surface area contributed by atoms with E-state index < -0.39 is 0 Å². The van der Waals surface area contributed by atoms with Gasteiger partial charge in [-0.05, 0) is 20.3 Å². The number of rotatable bonds is 7. The molecule has 0 aliphatic carbocycles. The van der Waals surface area contributed by atoms with Gasteiger partial charge in [0.15, 0.2) is 5.15 Å². The van der Waals surface area contributed by atoms with Crippen LogP contribution in [0.4, 0.5) is 0 Å². The standard InChI is InChI=1S/C14H21ClN4S/c1-4-5-6-11-18-10(12(15)19-11)9-17-14(2,3)13-16-7-8-20-13/h7-8,17H,4-6,9H2,1-3H3,(H,18,19). The van der Waals surface area contributed by atoms with Crippen LogP contribution in [0.25, 0.3) is 0 Å². The molecule has 20 heavy (non-hydrogen) atoms. The first-order valence-electron chi connectivity index (χ1n) is 6.91. The van der Waals surface area contributed by atoms with Crippen molar-refractivity contribution in [2.75, 3.05) is 0 Å². The Balaban J connectivity index is 1.98. The van der Waals surface area contributed by atoms with Crippen LogP contribution in [0.1, 0.15) is 50.1 Å². The van der Waals surface area contributed by atoms with Crippen molar-refractivity contribution in [3.8, 4) is 0 Å². The van der Waals surface area contributed by atoms with Crippen molar-refractivity contribution < 1.29 is 0 Å². The van der Waals surface area contributed by atoms with Gasteiger partial charge in [0.05, 0.1) is 11.2 Å². The quantitative estimate of drug-likeness (QED) is 0.815. The lowest BCUT2D eigenvalue weighted by Crippen LogP contribution is -2.36. The van der Waals surface area contributed by atoms with Crippen molar-refractivity contribution in [2.24, 2.45) is 0 Å². The zero-order valence-corrected chi connectivity index (χ0v) is 13.7. The number of nitrogens with one attached hydrogen (secondary N) is 2. The molecule has 2 N–H and O–H groups in total. The summed E-state index contributed by atoms with van der Waals surface area (Å²) in [6.45, 7) is 7.07. The molecule has 110 valence electrons. The average Bonchev–Trinajstić information content (AvgIpc) is 3.04. The van der Waals surface area contributed by atoms with Gasteiger partial charge in [0.25, 0.3) is 0 Å². The summed E-state index contributed by atoms with van der Waals surface area (Å²) in [5.41, 5.74) is 0.772. The van der Waals surface area contributed by atoms with E-state index in [1.165, 1.54) is 0 Å². The fourth-order valence-corrected chi connectivity index (χ4v) is 2.89. The summed E-state index contributed by atoms with van der Waals surface area (Å²) in [4.78, 5) is 12.0. The highest BCUT2D eigenvalue weighted by atomic mass is 35.5. The topological polar surface area (TPSA) is 53.6 Å². The van der Waals surface area contributed by atoms with Crippen LogP contribution in [0.2, 0.25) is 5.15 Å². The van der Waals surface area contributed by atoms with Gasteiger partial charge in [-0.1, -0.05) is 24.9 Å². The molecule has 0 unspecified atom stereocenters. The second-order valence-electron chi connectivity index (χ2n) is 5.37. The average molecular weight is 313 g/mol. The molecular weight excluding hydrogens is 292 g/mol. The maximum atomic E-state index is 6.18. The van der Waals surface area contributed by atoms with Gasteiger partial charge in [-0.2, -0.15) is 0 Å². The van der Waals surface area contributed by atoms with E-state index in [1.807, 2.05) is 11.6 Å². The molecule has 0 saturated heterocycles. The number of hydrogen-bond acceptors (Lipinski definition) is 4. The minimum Gasteiger partial charge on any atom is -0.344 e. The van der Waals surface area contributed by atoms with Crippen LogP contribution in [0.3, 0.4) is 0 Å². The van der Waals surface area contributed by atoms with Gasteiger partial charge < -0.3 is 10.3 Å². The van der Waals surface area contributed by atoms with E-state index in [9.17, 15) is 0 Å². The Morgan fingerprint density at radius 2 is 2.25 bits per heavy atom. The van der Waals surface area contributed by atoms with Crippen molar-refractivity contribution in [3.63, 3.8) is 0 Å². The summed E-state index contributed by atoms with van der Waals surface area (Å²) in [7, 11) is 0. The van der Waals surface area contributed by atoms with Crippen molar-refractivity contribution in [1.82, 2.24) is 20.3 Å². The number of aryl methyl sites for hydroxylation is 1. The van der Waals surface area contributed by atoms with Gasteiger partial charge in [-0.15, -0.1) is 11.3 Å². The number of aromatic amines is 1. The van der Waals surface area contributed by atoms with Crippen LogP contribution in [0.5, 0.6) is 0 Å². The second-order valence-corrected chi connectivity index (χ2v) is 6.62. The summed E-state index contributed by atoms with van der Waals surface area (Å²) in [6.07, 6.45) is 5.06. The van der Waals surface area contributed by atoms with Crippen molar-refractivity contribution in [2.45, 2.75) is 52.1 Å². The third kappa shape index (κ3) is 3.81. The molecule has 4 nitrogen and oxygen atoms in total. The number of hydrogen-bond donors (Lipinski definition) is 2. The summed E-state index contributed by atoms with van der Waals surface area (Å²) >= 11 is 7.84. The van der Waals surface area contributed by atoms with Crippen LogP contribution >= 0.6 is 22.9 Å². The maximum absolute atomic E-state index is 6.18. The molecule has 0 aliphatic rings. The molecule has 0 bridgehead atoms. The predicted octanol–water partition coefficient (Wildman–Crippen LogP) is 3.89. The van der Waals surface area contributed by atoms with Crippen molar-refractivity contribution >= 4 is 22.9 Å². The van der Waals surface area contributed by atoms with Crippen LogP contribution in [0, 0.1) is 0 Å². The first-order valence-corrected chi connectivity index (χ1v) is 8.17. The molecule has 2 aromatic heterocycles. The van der Waals surface area contributed by atoms with Crippen LogP contribution in [-0.4, -0.2) is 15.0 Å². The number of aromatic nitrogens is 3. The number of unbranched alkanes of at least 4 members (excludes halogenated alkanes) is 1. The van der Waals surface area contributed by atoms with E-state index >= 15 is 0 Å². The largest absolute Gasteiger partial charge is 0.344 e. The highest BCUT2D eigenvalue weighted by molar-refractivity contribution is 7.09. The normalized spacial score (nSPS) is 12.0. The van der Waals surface area contributed by atoms with Crippen LogP contribution in [-0.2, 0) is 18.5 Å². The summed E-state index contributed by atoms with van der Waals surface area (Å²) in [5, 5.41) is 7.11. The number of nitrogens with zero attached hydrogens (tertiary/aromatic N) is 2. The number of H-pyrrole nitrogens is 1. The molecular formula is C14H21ClN4S. The molecule has 0 radical (unpaired) electrons. The smallest absolute Gasteiger partial charge is 0.151 e. The Bertz CT molecular complexity index is 533. The Hall–Kier alpha value is -0.910. The van der Waals surface area contributed by atoms with Crippen molar-refractivity contribution in [1.29, 1.82) is 0 Å². The first kappa shape index (κ1) is 15.5. The van der Waals surface area contributed by atoms with Gasteiger partial charge in [0.1, 0.15) is 10.8 Å². The third-order valence-electron chi connectivity index (χ3n) is 3.22. The molecule has 0 amide bonds. The third-order valence-corrected chi connectivity index (χ3v) is 4.63. The zero-order valence-electron chi connectivity index (χ0n) is 12.2.